The molecule has 1 unspecified atom stereocenters. The first kappa shape index (κ1) is 17.7. The maximum absolute atomic E-state index is 12.8. The van der Waals surface area contributed by atoms with Crippen LogP contribution in [0.5, 0.6) is 0 Å². The molecule has 0 saturated carbocycles. The van der Waals surface area contributed by atoms with Crippen molar-refractivity contribution in [3.63, 3.8) is 0 Å². The molecule has 1 amide bonds. The van der Waals surface area contributed by atoms with Crippen molar-refractivity contribution in [3.05, 3.63) is 33.8 Å². The van der Waals surface area contributed by atoms with Crippen molar-refractivity contribution in [2.45, 2.75) is 43.9 Å². The van der Waals surface area contributed by atoms with Crippen LogP contribution in [0.25, 0.3) is 0 Å². The predicted molar refractivity (Wildman–Crippen MR) is 99.7 cm³/mol. The Bertz CT molecular complexity index is 899. The van der Waals surface area contributed by atoms with Gasteiger partial charge in [0.05, 0.1) is 5.69 Å². The van der Waals surface area contributed by atoms with Gasteiger partial charge in [0.25, 0.3) is 0 Å². The molecule has 0 radical (unpaired) electrons. The fourth-order valence-electron chi connectivity index (χ4n) is 4.30. The van der Waals surface area contributed by atoms with Gasteiger partial charge in [0.15, 0.2) is 0 Å². The van der Waals surface area contributed by atoms with E-state index in [1.165, 1.54) is 5.56 Å². The highest BCUT2D eigenvalue weighted by Crippen LogP contribution is 2.44. The van der Waals surface area contributed by atoms with E-state index in [0.29, 0.717) is 25.2 Å². The van der Waals surface area contributed by atoms with Crippen LogP contribution in [-0.4, -0.2) is 63.1 Å². The lowest BCUT2D eigenvalue weighted by Crippen LogP contribution is -2.48. The number of hydrogen-bond donors (Lipinski definition) is 2. The lowest BCUT2D eigenvalue weighted by Gasteiger charge is -2.40. The number of aryl methyl sites for hydroxylation is 2. The molecule has 1 aliphatic heterocycles. The maximum Gasteiger partial charge on any atom is 0.340 e. The van der Waals surface area contributed by atoms with Crippen LogP contribution < -0.4 is 10.6 Å². The van der Waals surface area contributed by atoms with Crippen molar-refractivity contribution in [2.75, 3.05) is 32.1 Å². The Morgan fingerprint density at radius 1 is 1.37 bits per heavy atom. The maximum atomic E-state index is 12.8. The van der Waals surface area contributed by atoms with Gasteiger partial charge < -0.3 is 9.80 Å². The Balaban J connectivity index is 1.49. The minimum absolute atomic E-state index is 0.0579. The number of hydrogen-bond acceptors (Lipinski definition) is 6. The molecule has 27 heavy (non-hydrogen) atoms. The molecule has 2 aliphatic rings. The van der Waals surface area contributed by atoms with Crippen LogP contribution in [0.15, 0.2) is 11.0 Å². The molecule has 144 valence electrons. The van der Waals surface area contributed by atoms with E-state index in [4.69, 9.17) is 4.98 Å². The first-order valence-corrected chi connectivity index (χ1v) is 9.42. The first-order valence-electron chi connectivity index (χ1n) is 9.42. The molecule has 2 N–H and O–H groups in total. The van der Waals surface area contributed by atoms with Gasteiger partial charge in [-0.05, 0) is 31.2 Å². The summed E-state index contributed by atoms with van der Waals surface area (Å²) >= 11 is 0. The molecule has 1 aliphatic carbocycles. The van der Waals surface area contributed by atoms with E-state index in [-0.39, 0.29) is 17.0 Å². The zero-order chi connectivity index (χ0) is 19.0. The average molecular weight is 371 g/mol. The molecular weight excluding hydrogens is 346 g/mol. The number of aromatic nitrogens is 5. The second-order valence-electron chi connectivity index (χ2n) is 7.76. The average Bonchev–Trinajstić information content (AvgIpc) is 3.23. The summed E-state index contributed by atoms with van der Waals surface area (Å²) in [5, 5.41) is 6.21. The van der Waals surface area contributed by atoms with Gasteiger partial charge in [-0.2, -0.15) is 5.10 Å². The van der Waals surface area contributed by atoms with Crippen LogP contribution in [0.1, 0.15) is 42.8 Å². The summed E-state index contributed by atoms with van der Waals surface area (Å²) in [5.74, 6) is 1.35. The van der Waals surface area contributed by atoms with Crippen molar-refractivity contribution in [1.82, 2.24) is 30.0 Å². The molecule has 2 aromatic rings. The fourth-order valence-corrected chi connectivity index (χ4v) is 4.30. The third-order valence-electron chi connectivity index (χ3n) is 5.68. The molecule has 1 atom stereocenters. The van der Waals surface area contributed by atoms with E-state index in [1.807, 2.05) is 30.1 Å². The van der Waals surface area contributed by atoms with Crippen LogP contribution in [0.2, 0.25) is 0 Å². The first-order chi connectivity index (χ1) is 13.0. The van der Waals surface area contributed by atoms with E-state index >= 15 is 0 Å². The molecule has 9 heteroatoms. The van der Waals surface area contributed by atoms with E-state index in [9.17, 15) is 9.59 Å². The number of carbonyl (C=O) groups excluding carboxylic acids is 1. The number of piperidine rings is 1. The number of fused-ring (bicyclic) bond motifs is 2. The van der Waals surface area contributed by atoms with Gasteiger partial charge in [0, 0.05) is 51.6 Å². The number of anilines is 1. The Kier molecular flexibility index (Phi) is 4.45. The van der Waals surface area contributed by atoms with Crippen LogP contribution in [0, 0.1) is 0 Å². The van der Waals surface area contributed by atoms with Gasteiger partial charge in [-0.25, -0.2) is 19.9 Å². The summed E-state index contributed by atoms with van der Waals surface area (Å²) in [4.78, 5) is 39.6. The minimum atomic E-state index is -0.340. The van der Waals surface area contributed by atoms with E-state index < -0.39 is 0 Å². The van der Waals surface area contributed by atoms with Crippen molar-refractivity contribution >= 4 is 11.9 Å². The Hall–Kier alpha value is -2.71. The molecule has 0 aromatic carbocycles. The quantitative estimate of drug-likeness (QED) is 0.804. The number of nitrogens with zero attached hydrogens (tertiary/aromatic N) is 5. The number of aromatic amines is 2. The summed E-state index contributed by atoms with van der Waals surface area (Å²) in [6.45, 7) is 1.48. The highest BCUT2D eigenvalue weighted by molar-refractivity contribution is 5.76. The smallest absolute Gasteiger partial charge is 0.340 e. The molecule has 2 aromatic heterocycles. The number of amides is 1. The topological polar surface area (TPSA) is 111 Å². The molecule has 0 bridgehead atoms. The van der Waals surface area contributed by atoms with Gasteiger partial charge in [-0.15, -0.1) is 0 Å². The predicted octanol–water partition coefficient (Wildman–Crippen LogP) is 0.393. The third-order valence-corrected chi connectivity index (χ3v) is 5.68. The van der Waals surface area contributed by atoms with Crippen molar-refractivity contribution in [3.8, 4) is 0 Å². The van der Waals surface area contributed by atoms with E-state index in [2.05, 4.69) is 20.2 Å². The molecular formula is C18H25N7O2. The Labute approximate surface area is 157 Å². The summed E-state index contributed by atoms with van der Waals surface area (Å²) in [6, 6.07) is 0. The van der Waals surface area contributed by atoms with E-state index in [0.717, 1.165) is 43.9 Å². The van der Waals surface area contributed by atoms with Gasteiger partial charge in [-0.3, -0.25) is 9.78 Å². The molecule has 9 nitrogen and oxygen atoms in total. The lowest BCUT2D eigenvalue weighted by molar-refractivity contribution is -0.133. The number of carbonyl (C=O) groups is 1. The number of H-pyrrole nitrogens is 2. The zero-order valence-electron chi connectivity index (χ0n) is 15.8. The third kappa shape index (κ3) is 3.33. The Morgan fingerprint density at radius 3 is 2.96 bits per heavy atom. The summed E-state index contributed by atoms with van der Waals surface area (Å²) in [7, 11) is 3.89. The molecule has 1 fully saturated rings. The van der Waals surface area contributed by atoms with Gasteiger partial charge in [0.2, 0.25) is 11.9 Å². The number of nitrogens with one attached hydrogen (secondary N) is 2. The largest absolute Gasteiger partial charge is 0.347 e. The minimum Gasteiger partial charge on any atom is -0.347 e. The normalized spacial score (nSPS) is 21.5. The van der Waals surface area contributed by atoms with Gasteiger partial charge in [0.1, 0.15) is 5.82 Å². The van der Waals surface area contributed by atoms with Crippen molar-refractivity contribution in [1.29, 1.82) is 0 Å². The van der Waals surface area contributed by atoms with Gasteiger partial charge in [-0.1, -0.05) is 0 Å². The highest BCUT2D eigenvalue weighted by Gasteiger charge is 2.44. The molecule has 3 heterocycles. The van der Waals surface area contributed by atoms with Crippen LogP contribution in [-0.2, 0) is 23.1 Å². The summed E-state index contributed by atoms with van der Waals surface area (Å²) in [6.07, 6.45) is 6.75. The second-order valence-corrected chi connectivity index (χ2v) is 7.76. The molecule has 4 rings (SSSR count). The fraction of sp³-hybridized carbons (Fsp3) is 0.611. The zero-order valence-corrected chi connectivity index (χ0v) is 15.8. The second kappa shape index (κ2) is 6.79. The standard InChI is InChI=1S/C18H25N7O2/c1-24(2)16-19-10-12-6-8-18(15(12)21-16)7-3-9-25(11-18)14(26)5-4-13-20-17(27)23-22-13/h10H,3-9,11H2,1-2H3,(H2,20,22,23,27). The van der Waals surface area contributed by atoms with E-state index in [1.54, 1.807) is 0 Å². The summed E-state index contributed by atoms with van der Waals surface area (Å²) < 4.78 is 0. The monoisotopic (exact) mass is 371 g/mol. The van der Waals surface area contributed by atoms with Crippen LogP contribution in [0.4, 0.5) is 5.95 Å². The van der Waals surface area contributed by atoms with Crippen LogP contribution in [0.3, 0.4) is 0 Å². The van der Waals surface area contributed by atoms with Crippen molar-refractivity contribution in [2.24, 2.45) is 0 Å². The molecule has 1 saturated heterocycles. The van der Waals surface area contributed by atoms with Crippen molar-refractivity contribution < 1.29 is 4.79 Å². The van der Waals surface area contributed by atoms with Crippen LogP contribution >= 0.6 is 0 Å². The SMILES string of the molecule is CN(C)c1ncc2c(n1)C1(CCCN(C(=O)CCc3n[nH]c(=O)[nH]3)C1)CC2. The number of rotatable bonds is 4. The Morgan fingerprint density at radius 2 is 2.22 bits per heavy atom. The highest BCUT2D eigenvalue weighted by atomic mass is 16.2. The van der Waals surface area contributed by atoms with Gasteiger partial charge >= 0.3 is 5.69 Å². The number of likely N-dealkylation sites (tertiary alicyclic amines) is 1. The summed E-state index contributed by atoms with van der Waals surface area (Å²) in [5.41, 5.74) is 1.94. The lowest BCUT2D eigenvalue weighted by atomic mass is 9.77. The molecule has 1 spiro atoms.